The van der Waals surface area contributed by atoms with E-state index >= 15 is 0 Å². The highest BCUT2D eigenvalue weighted by atomic mass is 16.5. The van der Waals surface area contributed by atoms with Crippen molar-refractivity contribution in [2.24, 2.45) is 0 Å². The molecule has 0 saturated heterocycles. The summed E-state index contributed by atoms with van der Waals surface area (Å²) in [4.78, 5) is 0. The molecule has 0 fully saturated rings. The average Bonchev–Trinajstić information content (AvgIpc) is 2.41. The van der Waals surface area contributed by atoms with Gasteiger partial charge in [-0.25, -0.2) is 0 Å². The highest BCUT2D eigenvalue weighted by Crippen LogP contribution is 2.38. The summed E-state index contributed by atoms with van der Waals surface area (Å²) in [5.74, 6) is 2.42. The van der Waals surface area contributed by atoms with Crippen LogP contribution >= 0.6 is 0 Å². The Morgan fingerprint density at radius 1 is 0.833 bits per heavy atom. The van der Waals surface area contributed by atoms with Gasteiger partial charge in [-0.3, -0.25) is 0 Å². The van der Waals surface area contributed by atoms with Gasteiger partial charge >= 0.3 is 0 Å². The van der Waals surface area contributed by atoms with E-state index in [-0.39, 0.29) is 0 Å². The van der Waals surface area contributed by atoms with Crippen molar-refractivity contribution in [2.45, 2.75) is 0 Å². The van der Waals surface area contributed by atoms with Crippen molar-refractivity contribution in [3.05, 3.63) is 42.5 Å². The van der Waals surface area contributed by atoms with E-state index in [1.165, 1.54) is 0 Å². The fourth-order valence-electron chi connectivity index (χ4n) is 1.58. The van der Waals surface area contributed by atoms with Crippen molar-refractivity contribution >= 4 is 5.69 Å². The predicted octanol–water partition coefficient (Wildman–Crippen LogP) is 3.08. The Balaban J connectivity index is 2.33. The lowest BCUT2D eigenvalue weighted by Crippen LogP contribution is -1.96. The van der Waals surface area contributed by atoms with Crippen LogP contribution in [0.3, 0.4) is 0 Å². The summed E-state index contributed by atoms with van der Waals surface area (Å²) in [6, 6.07) is 12.8. The summed E-state index contributed by atoms with van der Waals surface area (Å²) in [5, 5.41) is 0. The molecule has 0 radical (unpaired) electrons. The van der Waals surface area contributed by atoms with Gasteiger partial charge in [0.05, 0.1) is 19.9 Å². The van der Waals surface area contributed by atoms with E-state index in [0.717, 1.165) is 5.75 Å². The molecule has 2 aromatic carbocycles. The van der Waals surface area contributed by atoms with Gasteiger partial charge in [0.2, 0.25) is 0 Å². The van der Waals surface area contributed by atoms with Crippen molar-refractivity contribution in [1.82, 2.24) is 0 Å². The Labute approximate surface area is 106 Å². The molecule has 18 heavy (non-hydrogen) atoms. The minimum atomic E-state index is 0.497. The van der Waals surface area contributed by atoms with Crippen molar-refractivity contribution in [1.29, 1.82) is 0 Å². The molecule has 0 spiro atoms. The number of nitrogens with two attached hydrogens (primary N) is 1. The number of ether oxygens (including phenoxy) is 3. The standard InChI is InChI=1S/C14H15NO3/c1-16-13-8-11(15)12(9-14(13)17-2)18-10-6-4-3-5-7-10/h3-9H,15H2,1-2H3. The number of hydrogen-bond donors (Lipinski definition) is 1. The van der Waals surface area contributed by atoms with E-state index in [1.54, 1.807) is 26.4 Å². The maximum Gasteiger partial charge on any atom is 0.164 e. The van der Waals surface area contributed by atoms with Gasteiger partial charge in [-0.2, -0.15) is 0 Å². The second kappa shape index (κ2) is 5.31. The molecule has 0 aliphatic heterocycles. The fourth-order valence-corrected chi connectivity index (χ4v) is 1.58. The third kappa shape index (κ3) is 2.48. The molecule has 2 N–H and O–H groups in total. The van der Waals surface area contributed by atoms with Crippen molar-refractivity contribution < 1.29 is 14.2 Å². The van der Waals surface area contributed by atoms with E-state index in [2.05, 4.69) is 0 Å². The molecule has 0 heterocycles. The van der Waals surface area contributed by atoms with Crippen molar-refractivity contribution in [3.8, 4) is 23.0 Å². The molecule has 0 bridgehead atoms. The number of rotatable bonds is 4. The summed E-state index contributed by atoms with van der Waals surface area (Å²) in [7, 11) is 3.13. The maximum atomic E-state index is 5.91. The zero-order chi connectivity index (χ0) is 13.0. The van der Waals surface area contributed by atoms with Crippen LogP contribution in [0.5, 0.6) is 23.0 Å². The van der Waals surface area contributed by atoms with Crippen LogP contribution in [0.15, 0.2) is 42.5 Å². The topological polar surface area (TPSA) is 53.7 Å². The lowest BCUT2D eigenvalue weighted by molar-refractivity contribution is 0.352. The maximum absolute atomic E-state index is 5.91. The largest absolute Gasteiger partial charge is 0.493 e. The molecule has 0 aromatic heterocycles. The Kier molecular flexibility index (Phi) is 3.57. The molecular formula is C14H15NO3. The van der Waals surface area contributed by atoms with Crippen LogP contribution in [0.1, 0.15) is 0 Å². The van der Waals surface area contributed by atoms with E-state index in [9.17, 15) is 0 Å². The monoisotopic (exact) mass is 245 g/mol. The third-order valence-corrected chi connectivity index (χ3v) is 2.49. The van der Waals surface area contributed by atoms with Crippen LogP contribution in [-0.2, 0) is 0 Å². The van der Waals surface area contributed by atoms with Crippen LogP contribution in [-0.4, -0.2) is 14.2 Å². The molecule has 0 aliphatic rings. The minimum absolute atomic E-state index is 0.497. The lowest BCUT2D eigenvalue weighted by Gasteiger charge is -2.13. The summed E-state index contributed by atoms with van der Waals surface area (Å²) in [5.41, 5.74) is 6.40. The molecular weight excluding hydrogens is 230 g/mol. The van der Waals surface area contributed by atoms with Crippen LogP contribution < -0.4 is 19.9 Å². The zero-order valence-corrected chi connectivity index (χ0v) is 10.3. The zero-order valence-electron chi connectivity index (χ0n) is 10.3. The first kappa shape index (κ1) is 12.1. The second-order valence-electron chi connectivity index (χ2n) is 3.66. The fraction of sp³-hybridized carbons (Fsp3) is 0.143. The number of benzene rings is 2. The van der Waals surface area contributed by atoms with E-state index in [4.69, 9.17) is 19.9 Å². The molecule has 4 nitrogen and oxygen atoms in total. The highest BCUT2D eigenvalue weighted by molar-refractivity contribution is 5.62. The van der Waals surface area contributed by atoms with Crippen molar-refractivity contribution in [3.63, 3.8) is 0 Å². The summed E-state index contributed by atoms with van der Waals surface area (Å²) in [6.45, 7) is 0. The molecule has 0 aliphatic carbocycles. The number of methoxy groups -OCH3 is 2. The highest BCUT2D eigenvalue weighted by Gasteiger charge is 2.10. The van der Waals surface area contributed by atoms with Crippen LogP contribution in [0.2, 0.25) is 0 Å². The third-order valence-electron chi connectivity index (χ3n) is 2.49. The van der Waals surface area contributed by atoms with Gasteiger partial charge in [0.15, 0.2) is 17.2 Å². The molecule has 0 saturated carbocycles. The minimum Gasteiger partial charge on any atom is -0.493 e. The SMILES string of the molecule is COc1cc(N)c(Oc2ccccc2)cc1OC. The summed E-state index contributed by atoms with van der Waals surface area (Å²) in [6.07, 6.45) is 0. The first-order chi connectivity index (χ1) is 8.74. The molecule has 2 rings (SSSR count). The van der Waals surface area contributed by atoms with E-state index < -0.39 is 0 Å². The van der Waals surface area contributed by atoms with E-state index in [0.29, 0.717) is 22.9 Å². The van der Waals surface area contributed by atoms with Gasteiger partial charge in [-0.15, -0.1) is 0 Å². The van der Waals surface area contributed by atoms with Crippen LogP contribution in [0.4, 0.5) is 5.69 Å². The predicted molar refractivity (Wildman–Crippen MR) is 70.5 cm³/mol. The normalized spacial score (nSPS) is 9.89. The Hall–Kier alpha value is -2.36. The van der Waals surface area contributed by atoms with Gasteiger partial charge in [-0.05, 0) is 12.1 Å². The van der Waals surface area contributed by atoms with Gasteiger partial charge in [-0.1, -0.05) is 18.2 Å². The Morgan fingerprint density at radius 3 is 2.06 bits per heavy atom. The molecule has 0 atom stereocenters. The van der Waals surface area contributed by atoms with Gasteiger partial charge in [0.25, 0.3) is 0 Å². The summed E-state index contributed by atoms with van der Waals surface area (Å²) >= 11 is 0. The Bertz CT molecular complexity index is 526. The lowest BCUT2D eigenvalue weighted by atomic mass is 10.2. The quantitative estimate of drug-likeness (QED) is 0.841. The number of nitrogen functional groups attached to an aromatic ring is 1. The van der Waals surface area contributed by atoms with Crippen LogP contribution in [0.25, 0.3) is 0 Å². The van der Waals surface area contributed by atoms with Crippen molar-refractivity contribution in [2.75, 3.05) is 20.0 Å². The number of para-hydroxylation sites is 1. The van der Waals surface area contributed by atoms with Gasteiger partial charge < -0.3 is 19.9 Å². The Morgan fingerprint density at radius 2 is 1.44 bits per heavy atom. The second-order valence-corrected chi connectivity index (χ2v) is 3.66. The first-order valence-electron chi connectivity index (χ1n) is 5.49. The summed E-state index contributed by atoms with van der Waals surface area (Å²) < 4.78 is 16.1. The van der Waals surface area contributed by atoms with Crippen LogP contribution in [0, 0.1) is 0 Å². The van der Waals surface area contributed by atoms with E-state index in [1.807, 2.05) is 30.3 Å². The molecule has 0 amide bonds. The van der Waals surface area contributed by atoms with Gasteiger partial charge in [0, 0.05) is 12.1 Å². The number of anilines is 1. The number of hydrogen-bond acceptors (Lipinski definition) is 4. The first-order valence-corrected chi connectivity index (χ1v) is 5.49. The smallest absolute Gasteiger partial charge is 0.164 e. The molecule has 94 valence electrons. The van der Waals surface area contributed by atoms with Gasteiger partial charge in [0.1, 0.15) is 5.75 Å². The molecule has 0 unspecified atom stereocenters. The average molecular weight is 245 g/mol. The molecule has 4 heteroatoms. The molecule has 2 aromatic rings.